The standard InChI is InChI=1S/C15H12ClFN2O/c16-13-8-11(17)5-4-10(13)7-15(20)12-9-18-19-6-2-1-3-14(12)19/h1-6,8-9,15,20H,7H2. The number of nitrogens with zero attached hydrogens (tertiary/aromatic N) is 2. The minimum absolute atomic E-state index is 0.315. The van der Waals surface area contributed by atoms with E-state index in [4.69, 9.17) is 11.6 Å². The van der Waals surface area contributed by atoms with Gasteiger partial charge in [-0.1, -0.05) is 23.7 Å². The molecule has 0 aliphatic rings. The Morgan fingerprint density at radius 1 is 1.30 bits per heavy atom. The van der Waals surface area contributed by atoms with Gasteiger partial charge in [0, 0.05) is 23.2 Å². The molecule has 0 spiro atoms. The Morgan fingerprint density at radius 3 is 2.95 bits per heavy atom. The Morgan fingerprint density at radius 2 is 2.15 bits per heavy atom. The van der Waals surface area contributed by atoms with Crippen LogP contribution in [0.1, 0.15) is 17.2 Å². The van der Waals surface area contributed by atoms with Gasteiger partial charge in [0.25, 0.3) is 0 Å². The Labute approximate surface area is 120 Å². The second-order valence-electron chi connectivity index (χ2n) is 4.59. The van der Waals surface area contributed by atoms with E-state index in [-0.39, 0.29) is 5.82 Å². The molecule has 0 saturated heterocycles. The molecule has 3 aromatic rings. The summed E-state index contributed by atoms with van der Waals surface area (Å²) in [5.41, 5.74) is 2.28. The molecule has 1 atom stereocenters. The van der Waals surface area contributed by atoms with Crippen LogP contribution in [0.2, 0.25) is 5.02 Å². The molecule has 0 aliphatic heterocycles. The van der Waals surface area contributed by atoms with Crippen LogP contribution in [0.15, 0.2) is 48.8 Å². The average Bonchev–Trinajstić information content (AvgIpc) is 2.86. The van der Waals surface area contributed by atoms with Crippen LogP contribution in [0.25, 0.3) is 5.52 Å². The highest BCUT2D eigenvalue weighted by atomic mass is 35.5. The highest BCUT2D eigenvalue weighted by Gasteiger charge is 2.15. The van der Waals surface area contributed by atoms with Gasteiger partial charge in [0.1, 0.15) is 5.82 Å². The summed E-state index contributed by atoms with van der Waals surface area (Å²) in [5.74, 6) is -0.385. The zero-order chi connectivity index (χ0) is 14.1. The fourth-order valence-corrected chi connectivity index (χ4v) is 2.46. The van der Waals surface area contributed by atoms with E-state index >= 15 is 0 Å². The minimum atomic E-state index is -0.738. The largest absolute Gasteiger partial charge is 0.388 e. The van der Waals surface area contributed by atoms with E-state index in [0.29, 0.717) is 17.0 Å². The lowest BCUT2D eigenvalue weighted by Crippen LogP contribution is -2.02. The summed E-state index contributed by atoms with van der Waals surface area (Å²) >= 11 is 5.98. The van der Waals surface area contributed by atoms with Crippen molar-refractivity contribution in [1.82, 2.24) is 9.61 Å². The van der Waals surface area contributed by atoms with Crippen LogP contribution >= 0.6 is 11.6 Å². The van der Waals surface area contributed by atoms with E-state index in [1.54, 1.807) is 16.8 Å². The molecule has 1 N–H and O–H groups in total. The van der Waals surface area contributed by atoms with Crippen LogP contribution in [0.3, 0.4) is 0 Å². The topological polar surface area (TPSA) is 37.5 Å². The van der Waals surface area contributed by atoms with E-state index in [2.05, 4.69) is 5.10 Å². The quantitative estimate of drug-likeness (QED) is 0.803. The first kappa shape index (κ1) is 13.1. The molecule has 2 aromatic heterocycles. The summed E-state index contributed by atoms with van der Waals surface area (Å²) in [6, 6.07) is 9.82. The van der Waals surface area contributed by atoms with E-state index in [0.717, 1.165) is 11.1 Å². The van der Waals surface area contributed by atoms with Crippen LogP contribution < -0.4 is 0 Å². The third-order valence-electron chi connectivity index (χ3n) is 3.24. The van der Waals surface area contributed by atoms with Crippen molar-refractivity contribution in [2.45, 2.75) is 12.5 Å². The number of pyridine rings is 1. The molecule has 0 bridgehead atoms. The zero-order valence-electron chi connectivity index (χ0n) is 10.5. The van der Waals surface area contributed by atoms with Gasteiger partial charge >= 0.3 is 0 Å². The van der Waals surface area contributed by atoms with Gasteiger partial charge in [0.15, 0.2) is 0 Å². The van der Waals surface area contributed by atoms with Crippen LogP contribution in [0, 0.1) is 5.82 Å². The molecule has 3 nitrogen and oxygen atoms in total. The molecule has 3 rings (SSSR count). The number of benzene rings is 1. The predicted molar refractivity (Wildman–Crippen MR) is 75.3 cm³/mol. The fourth-order valence-electron chi connectivity index (χ4n) is 2.22. The van der Waals surface area contributed by atoms with Gasteiger partial charge in [-0.3, -0.25) is 0 Å². The van der Waals surface area contributed by atoms with E-state index in [9.17, 15) is 9.50 Å². The van der Waals surface area contributed by atoms with Crippen molar-refractivity contribution in [2.24, 2.45) is 0 Å². The third-order valence-corrected chi connectivity index (χ3v) is 3.60. The number of fused-ring (bicyclic) bond motifs is 1. The molecule has 102 valence electrons. The van der Waals surface area contributed by atoms with Crippen LogP contribution in [-0.2, 0) is 6.42 Å². The van der Waals surface area contributed by atoms with Gasteiger partial charge in [-0.15, -0.1) is 0 Å². The van der Waals surface area contributed by atoms with Crippen molar-refractivity contribution < 1.29 is 9.50 Å². The minimum Gasteiger partial charge on any atom is -0.388 e. The second-order valence-corrected chi connectivity index (χ2v) is 4.99. The van der Waals surface area contributed by atoms with Gasteiger partial charge in [0.2, 0.25) is 0 Å². The predicted octanol–water partition coefficient (Wildman–Crippen LogP) is 3.40. The second kappa shape index (κ2) is 5.23. The number of hydrogen-bond acceptors (Lipinski definition) is 2. The third kappa shape index (κ3) is 2.40. The average molecular weight is 291 g/mol. The molecule has 5 heteroatoms. The number of aliphatic hydroxyl groups is 1. The van der Waals surface area contributed by atoms with Crippen LogP contribution in [0.4, 0.5) is 4.39 Å². The van der Waals surface area contributed by atoms with Crippen LogP contribution in [0.5, 0.6) is 0 Å². The molecule has 0 aliphatic carbocycles. The summed E-state index contributed by atoms with van der Waals surface area (Å²) in [4.78, 5) is 0. The number of rotatable bonds is 3. The Balaban J connectivity index is 1.91. The molecule has 1 aromatic carbocycles. The highest BCUT2D eigenvalue weighted by Crippen LogP contribution is 2.26. The number of halogens is 2. The van der Waals surface area contributed by atoms with Crippen molar-refractivity contribution in [2.75, 3.05) is 0 Å². The molecule has 0 saturated carbocycles. The maximum atomic E-state index is 13.0. The summed E-state index contributed by atoms with van der Waals surface area (Å²) in [7, 11) is 0. The van der Waals surface area contributed by atoms with Crippen molar-refractivity contribution in [3.63, 3.8) is 0 Å². The first-order valence-corrected chi connectivity index (χ1v) is 6.57. The van der Waals surface area contributed by atoms with E-state index < -0.39 is 6.10 Å². The summed E-state index contributed by atoms with van der Waals surface area (Å²) in [6.45, 7) is 0. The summed E-state index contributed by atoms with van der Waals surface area (Å²) < 4.78 is 14.7. The molecule has 20 heavy (non-hydrogen) atoms. The summed E-state index contributed by atoms with van der Waals surface area (Å²) in [6.07, 6.45) is 3.03. The monoisotopic (exact) mass is 290 g/mol. The Kier molecular flexibility index (Phi) is 3.42. The molecule has 2 heterocycles. The SMILES string of the molecule is OC(Cc1ccc(F)cc1Cl)c1cnn2ccccc12. The zero-order valence-corrected chi connectivity index (χ0v) is 11.3. The Bertz CT molecular complexity index is 756. The molecule has 0 radical (unpaired) electrons. The molecule has 1 unspecified atom stereocenters. The lowest BCUT2D eigenvalue weighted by molar-refractivity contribution is 0.180. The molecule has 0 fully saturated rings. The number of aromatic nitrogens is 2. The van der Waals surface area contributed by atoms with Gasteiger partial charge in [-0.05, 0) is 29.8 Å². The van der Waals surface area contributed by atoms with Crippen molar-refractivity contribution in [1.29, 1.82) is 0 Å². The summed E-state index contributed by atoms with van der Waals surface area (Å²) in [5, 5.41) is 14.9. The van der Waals surface area contributed by atoms with E-state index in [1.165, 1.54) is 12.1 Å². The molecular weight excluding hydrogens is 279 g/mol. The maximum Gasteiger partial charge on any atom is 0.124 e. The maximum absolute atomic E-state index is 13.0. The first-order valence-electron chi connectivity index (χ1n) is 6.19. The van der Waals surface area contributed by atoms with Crippen molar-refractivity contribution in [3.8, 4) is 0 Å². The number of aliphatic hydroxyl groups excluding tert-OH is 1. The lowest BCUT2D eigenvalue weighted by atomic mass is 10.0. The van der Waals surface area contributed by atoms with Crippen molar-refractivity contribution >= 4 is 17.1 Å². The Hall–Kier alpha value is -1.91. The van der Waals surface area contributed by atoms with E-state index in [1.807, 2.05) is 24.4 Å². The van der Waals surface area contributed by atoms with Crippen molar-refractivity contribution in [3.05, 3.63) is 70.8 Å². The molecule has 0 amide bonds. The van der Waals surface area contributed by atoms with Gasteiger partial charge in [-0.2, -0.15) is 5.10 Å². The number of hydrogen-bond donors (Lipinski definition) is 1. The van der Waals surface area contributed by atoms with Gasteiger partial charge < -0.3 is 5.11 Å². The first-order chi connectivity index (χ1) is 9.65. The fraction of sp³-hybridized carbons (Fsp3) is 0.133. The lowest BCUT2D eigenvalue weighted by Gasteiger charge is -2.11. The molecular formula is C15H12ClFN2O. The van der Waals surface area contributed by atoms with Gasteiger partial charge in [-0.25, -0.2) is 8.91 Å². The normalized spacial score (nSPS) is 12.8. The highest BCUT2D eigenvalue weighted by molar-refractivity contribution is 6.31. The van der Waals surface area contributed by atoms with Gasteiger partial charge in [0.05, 0.1) is 17.8 Å². The van der Waals surface area contributed by atoms with Crippen LogP contribution in [-0.4, -0.2) is 14.7 Å². The smallest absolute Gasteiger partial charge is 0.124 e.